The molecule has 9 nitrogen and oxygen atoms in total. The average Bonchev–Trinajstić information content (AvgIpc) is 3.28. The summed E-state index contributed by atoms with van der Waals surface area (Å²) in [6.07, 6.45) is 2.30. The van der Waals surface area contributed by atoms with Crippen molar-refractivity contribution in [2.75, 3.05) is 11.9 Å². The van der Waals surface area contributed by atoms with Crippen molar-refractivity contribution in [3.05, 3.63) is 104 Å². The second-order valence-corrected chi connectivity index (χ2v) is 11.8. The number of rotatable bonds is 9. The highest BCUT2D eigenvalue weighted by atomic mass is 35.5. The highest BCUT2D eigenvalue weighted by molar-refractivity contribution is 8.00. The van der Waals surface area contributed by atoms with Crippen LogP contribution in [0.2, 0.25) is 0 Å². The van der Waals surface area contributed by atoms with Gasteiger partial charge < -0.3 is 10.1 Å². The molecule has 0 spiro atoms. The van der Waals surface area contributed by atoms with Crippen LogP contribution in [0.5, 0.6) is 0 Å². The minimum absolute atomic E-state index is 0.00178. The molecule has 5 rings (SSSR count). The van der Waals surface area contributed by atoms with Crippen molar-refractivity contribution in [3.63, 3.8) is 0 Å². The molecule has 1 aliphatic heterocycles. The number of fused-ring (bicyclic) bond motifs is 3. The molecule has 0 bridgehead atoms. The fraction of sp³-hybridized carbons (Fsp3) is 0.345. The molecule has 3 aromatic carbocycles. The summed E-state index contributed by atoms with van der Waals surface area (Å²) in [5.41, 5.74) is 2.89. The van der Waals surface area contributed by atoms with Gasteiger partial charge in [-0.05, 0) is 54.2 Å². The van der Waals surface area contributed by atoms with Crippen molar-refractivity contribution in [2.45, 2.75) is 53.7 Å². The summed E-state index contributed by atoms with van der Waals surface area (Å²) < 4.78 is 5.44. The topological polar surface area (TPSA) is 125 Å². The van der Waals surface area contributed by atoms with Gasteiger partial charge in [0.05, 0.1) is 38.3 Å². The third kappa shape index (κ3) is 5.51. The first kappa shape index (κ1) is 27.9. The van der Waals surface area contributed by atoms with Crippen LogP contribution in [0.25, 0.3) is 0 Å². The number of benzene rings is 3. The molecular weight excluding hydrogens is 554 g/mol. The quantitative estimate of drug-likeness (QED) is 0.0905. The number of halogens is 1. The number of esters is 1. The first-order chi connectivity index (χ1) is 19.3. The zero-order chi connectivity index (χ0) is 28.4. The molecule has 5 atom stereocenters. The van der Waals surface area contributed by atoms with Gasteiger partial charge in [-0.15, -0.1) is 23.4 Å². The normalized spacial score (nSPS) is 23.0. The highest BCUT2D eigenvalue weighted by Crippen LogP contribution is 2.58. The summed E-state index contributed by atoms with van der Waals surface area (Å²) in [6.45, 7) is 2.37. The van der Waals surface area contributed by atoms with Crippen LogP contribution in [0.1, 0.15) is 59.6 Å². The van der Waals surface area contributed by atoms with Gasteiger partial charge in [0.15, 0.2) is 0 Å². The van der Waals surface area contributed by atoms with E-state index in [-0.39, 0.29) is 34.5 Å². The molecule has 40 heavy (non-hydrogen) atoms. The Balaban J connectivity index is 1.53. The van der Waals surface area contributed by atoms with Gasteiger partial charge in [0.25, 0.3) is 11.4 Å². The largest absolute Gasteiger partial charge is 0.462 e. The Morgan fingerprint density at radius 1 is 1.07 bits per heavy atom. The SMILES string of the molecule is CCCCOC(=O)c1ccc2c(c1)C1C(Cl)C(Sc3ccccc3[N+](=O)[O-])CC1C(c1cccc([N+](=O)[O-])c1)N2. The van der Waals surface area contributed by atoms with E-state index >= 15 is 0 Å². The molecule has 0 saturated heterocycles. The van der Waals surface area contributed by atoms with E-state index in [9.17, 15) is 25.0 Å². The maximum absolute atomic E-state index is 12.8. The van der Waals surface area contributed by atoms with Crippen LogP contribution in [0.3, 0.4) is 0 Å². The second-order valence-electron chi connectivity index (χ2n) is 10.0. The summed E-state index contributed by atoms with van der Waals surface area (Å²) in [4.78, 5) is 35.7. The van der Waals surface area contributed by atoms with Gasteiger partial charge in [-0.25, -0.2) is 4.79 Å². The molecule has 3 aromatic rings. The number of carbonyl (C=O) groups is 1. The van der Waals surface area contributed by atoms with Crippen LogP contribution < -0.4 is 5.32 Å². The predicted molar refractivity (Wildman–Crippen MR) is 154 cm³/mol. The van der Waals surface area contributed by atoms with E-state index in [1.807, 2.05) is 25.1 Å². The number of nitro groups is 2. The Hall–Kier alpha value is -3.63. The number of hydrogen-bond donors (Lipinski definition) is 1. The van der Waals surface area contributed by atoms with Crippen LogP contribution >= 0.6 is 23.4 Å². The van der Waals surface area contributed by atoms with Crippen molar-refractivity contribution in [2.24, 2.45) is 5.92 Å². The molecule has 1 saturated carbocycles. The number of unbranched alkanes of at least 4 members (excludes halogenated alkanes) is 1. The molecule has 0 radical (unpaired) electrons. The Morgan fingerprint density at radius 2 is 1.88 bits per heavy atom. The third-order valence-corrected chi connectivity index (χ3v) is 9.67. The number of anilines is 1. The lowest BCUT2D eigenvalue weighted by molar-refractivity contribution is -0.387. The van der Waals surface area contributed by atoms with Crippen LogP contribution in [0.4, 0.5) is 17.1 Å². The van der Waals surface area contributed by atoms with Crippen LogP contribution in [-0.2, 0) is 4.74 Å². The van der Waals surface area contributed by atoms with E-state index in [0.29, 0.717) is 23.5 Å². The molecule has 11 heteroatoms. The van der Waals surface area contributed by atoms with Gasteiger partial charge in [0.2, 0.25) is 0 Å². The number of nitrogens with zero attached hydrogens (tertiary/aromatic N) is 2. The lowest BCUT2D eigenvalue weighted by atomic mass is 9.76. The van der Waals surface area contributed by atoms with Gasteiger partial charge in [-0.1, -0.05) is 37.6 Å². The van der Waals surface area contributed by atoms with Gasteiger partial charge in [0.1, 0.15) is 0 Å². The third-order valence-electron chi connectivity index (χ3n) is 7.56. The predicted octanol–water partition coefficient (Wildman–Crippen LogP) is 7.50. The molecule has 2 aliphatic rings. The summed E-state index contributed by atoms with van der Waals surface area (Å²) in [5, 5.41) is 26.1. The van der Waals surface area contributed by atoms with Gasteiger partial charge >= 0.3 is 5.97 Å². The number of carbonyl (C=O) groups excluding carboxylic acids is 1. The Bertz CT molecular complexity index is 1450. The Morgan fingerprint density at radius 3 is 2.62 bits per heavy atom. The zero-order valence-electron chi connectivity index (χ0n) is 21.7. The number of non-ortho nitro benzene ring substituents is 1. The molecule has 208 valence electrons. The molecule has 0 amide bonds. The number of hydrogen-bond acceptors (Lipinski definition) is 8. The summed E-state index contributed by atoms with van der Waals surface area (Å²) in [7, 11) is 0. The number of alkyl halides is 1. The number of para-hydroxylation sites is 1. The molecule has 1 fully saturated rings. The lowest BCUT2D eigenvalue weighted by Gasteiger charge is -2.38. The minimum Gasteiger partial charge on any atom is -0.462 e. The van der Waals surface area contributed by atoms with Gasteiger partial charge in [-0.3, -0.25) is 20.2 Å². The molecule has 1 N–H and O–H groups in total. The van der Waals surface area contributed by atoms with Crippen molar-refractivity contribution < 1.29 is 19.4 Å². The monoisotopic (exact) mass is 581 g/mol. The van der Waals surface area contributed by atoms with E-state index in [2.05, 4.69) is 5.32 Å². The average molecular weight is 582 g/mol. The van der Waals surface area contributed by atoms with Crippen LogP contribution in [-0.4, -0.2) is 33.0 Å². The summed E-state index contributed by atoms with van der Waals surface area (Å²) in [5.74, 6) is -0.682. The first-order valence-electron chi connectivity index (χ1n) is 13.1. The standard InChI is InChI=1S/C29H28ClN3O6S/c1-2-3-13-39-29(34)18-11-12-22-20(15-18)26-21(28(31-22)17-7-6-8-19(14-17)32(35)36)16-25(27(26)30)40-24-10-5-4-9-23(24)33(37)38/h4-12,14-15,21,25-28,31H,2-3,13,16H2,1H3. The number of nitrogens with one attached hydrogen (secondary N) is 1. The van der Waals surface area contributed by atoms with Crippen molar-refractivity contribution in [1.29, 1.82) is 0 Å². The minimum atomic E-state index is -0.416. The number of ether oxygens (including phenoxy) is 1. The summed E-state index contributed by atoms with van der Waals surface area (Å²) in [6, 6.07) is 18.2. The van der Waals surface area contributed by atoms with E-state index in [0.717, 1.165) is 29.7 Å². The van der Waals surface area contributed by atoms with E-state index in [1.54, 1.807) is 36.4 Å². The van der Waals surface area contributed by atoms with Crippen molar-refractivity contribution in [3.8, 4) is 0 Å². The first-order valence-corrected chi connectivity index (χ1v) is 14.5. The van der Waals surface area contributed by atoms with Gasteiger partial charge in [0, 0.05) is 35.1 Å². The molecule has 1 heterocycles. The number of nitro benzene ring substituents is 2. The molecule has 0 aromatic heterocycles. The highest BCUT2D eigenvalue weighted by Gasteiger charge is 2.50. The lowest BCUT2D eigenvalue weighted by Crippen LogP contribution is -2.31. The second kappa shape index (κ2) is 11.9. The molecular formula is C29H28ClN3O6S. The van der Waals surface area contributed by atoms with Gasteiger partial charge in [-0.2, -0.15) is 0 Å². The summed E-state index contributed by atoms with van der Waals surface area (Å²) >= 11 is 8.57. The fourth-order valence-electron chi connectivity index (χ4n) is 5.67. The van der Waals surface area contributed by atoms with Crippen molar-refractivity contribution in [1.82, 2.24) is 0 Å². The zero-order valence-corrected chi connectivity index (χ0v) is 23.3. The number of thioether (sulfide) groups is 1. The van der Waals surface area contributed by atoms with Crippen LogP contribution in [0.15, 0.2) is 71.6 Å². The van der Waals surface area contributed by atoms with E-state index < -0.39 is 21.2 Å². The van der Waals surface area contributed by atoms with Crippen LogP contribution in [0, 0.1) is 26.1 Å². The molecule has 5 unspecified atom stereocenters. The van der Waals surface area contributed by atoms with Crippen molar-refractivity contribution >= 4 is 46.4 Å². The maximum atomic E-state index is 12.8. The smallest absolute Gasteiger partial charge is 0.338 e. The Kier molecular flexibility index (Phi) is 8.27. The Labute approximate surface area is 240 Å². The molecule has 1 aliphatic carbocycles. The van der Waals surface area contributed by atoms with E-state index in [1.165, 1.54) is 23.9 Å². The fourth-order valence-corrected chi connectivity index (χ4v) is 7.61. The maximum Gasteiger partial charge on any atom is 0.338 e. The van der Waals surface area contributed by atoms with E-state index in [4.69, 9.17) is 16.3 Å².